The molecule has 1 amide bonds. The molecule has 6 nitrogen and oxygen atoms in total. The number of carbonyl (C=O) groups is 1. The molecule has 1 N–H and O–H groups in total. The number of quaternary nitrogens is 1. The highest BCUT2D eigenvalue weighted by Crippen LogP contribution is 2.12. The zero-order valence-electron chi connectivity index (χ0n) is 21.2. The van der Waals surface area contributed by atoms with Crippen molar-refractivity contribution in [1.82, 2.24) is 5.32 Å². The van der Waals surface area contributed by atoms with Gasteiger partial charge in [-0.1, -0.05) is 77.7 Å². The molecule has 0 aliphatic rings. The molecule has 0 saturated carbocycles. The average Bonchev–Trinajstić information content (AvgIpc) is 2.59. The highest BCUT2D eigenvalue weighted by Gasteiger charge is 2.22. The van der Waals surface area contributed by atoms with Crippen LogP contribution in [0.2, 0.25) is 0 Å². The lowest BCUT2D eigenvalue weighted by Crippen LogP contribution is -2.47. The number of unbranched alkanes of at least 4 members (excludes halogenated alkanes) is 11. The van der Waals surface area contributed by atoms with Crippen LogP contribution >= 0.6 is 0 Å². The topological polar surface area (TPSA) is 86.3 Å². The molecular formula is C24H50N2O4S. The van der Waals surface area contributed by atoms with Crippen LogP contribution in [-0.2, 0) is 14.9 Å². The Bertz CT molecular complexity index is 567. The summed E-state index contributed by atoms with van der Waals surface area (Å²) in [4.78, 5) is 10.8. The zero-order valence-corrected chi connectivity index (χ0v) is 22.0. The van der Waals surface area contributed by atoms with Crippen molar-refractivity contribution in [3.63, 3.8) is 0 Å². The van der Waals surface area contributed by atoms with Crippen LogP contribution in [0.4, 0.5) is 0 Å². The van der Waals surface area contributed by atoms with Gasteiger partial charge in [0.05, 0.1) is 43.6 Å². The highest BCUT2D eigenvalue weighted by molar-refractivity contribution is 7.85. The van der Waals surface area contributed by atoms with Crippen LogP contribution in [0.3, 0.4) is 0 Å². The maximum absolute atomic E-state index is 10.8. The van der Waals surface area contributed by atoms with E-state index in [0.717, 1.165) is 10.6 Å². The fourth-order valence-corrected chi connectivity index (χ4v) is 4.25. The lowest BCUT2D eigenvalue weighted by atomic mass is 10.1. The lowest BCUT2D eigenvalue weighted by molar-refractivity contribution is -0.870. The molecule has 0 aromatic rings. The minimum Gasteiger partial charge on any atom is -0.748 e. The second-order valence-electron chi connectivity index (χ2n) is 10.2. The quantitative estimate of drug-likeness (QED) is 0.142. The molecule has 31 heavy (non-hydrogen) atoms. The van der Waals surface area contributed by atoms with Crippen molar-refractivity contribution in [3.05, 3.63) is 12.7 Å². The van der Waals surface area contributed by atoms with Crippen LogP contribution in [0.25, 0.3) is 0 Å². The molecule has 186 valence electrons. The Morgan fingerprint density at radius 3 is 1.61 bits per heavy atom. The van der Waals surface area contributed by atoms with Gasteiger partial charge in [0, 0.05) is 5.54 Å². The summed E-state index contributed by atoms with van der Waals surface area (Å²) in [6.07, 6.45) is 18.4. The summed E-state index contributed by atoms with van der Waals surface area (Å²) in [5.74, 6) is -1.15. The highest BCUT2D eigenvalue weighted by atomic mass is 32.2. The van der Waals surface area contributed by atoms with Gasteiger partial charge in [-0.2, -0.15) is 0 Å². The maximum atomic E-state index is 10.8. The van der Waals surface area contributed by atoms with Gasteiger partial charge >= 0.3 is 0 Å². The van der Waals surface area contributed by atoms with Gasteiger partial charge < -0.3 is 14.4 Å². The first kappa shape index (κ1) is 32.3. The predicted octanol–water partition coefficient (Wildman–Crippen LogP) is 5.01. The molecule has 7 heteroatoms. The Kier molecular flexibility index (Phi) is 18.3. The minimum atomic E-state index is -4.33. The molecule has 0 rings (SSSR count). The molecule has 0 radical (unpaired) electrons. The number of rotatable bonds is 17. The van der Waals surface area contributed by atoms with Gasteiger partial charge in [-0.05, 0) is 32.8 Å². The minimum absolute atomic E-state index is 0.506. The summed E-state index contributed by atoms with van der Waals surface area (Å²) in [6, 6.07) is 0. The van der Waals surface area contributed by atoms with Crippen molar-refractivity contribution in [2.24, 2.45) is 0 Å². The first-order valence-corrected chi connectivity index (χ1v) is 13.5. The number of carbonyl (C=O) groups excluding carboxylic acids is 1. The van der Waals surface area contributed by atoms with E-state index in [1.165, 1.54) is 97.4 Å². The van der Waals surface area contributed by atoms with Crippen molar-refractivity contribution < 1.29 is 22.2 Å². The summed E-state index contributed by atoms with van der Waals surface area (Å²) in [6.45, 7) is 9.72. The van der Waals surface area contributed by atoms with E-state index in [-0.39, 0.29) is 0 Å². The molecule has 0 aliphatic heterocycles. The molecule has 0 unspecified atom stereocenters. The Balaban J connectivity index is 0. The van der Waals surface area contributed by atoms with Gasteiger partial charge in [0.25, 0.3) is 0 Å². The van der Waals surface area contributed by atoms with Gasteiger partial charge in [-0.15, -0.1) is 0 Å². The predicted molar refractivity (Wildman–Crippen MR) is 131 cm³/mol. The normalized spacial score (nSPS) is 12.1. The molecule has 0 aromatic heterocycles. The van der Waals surface area contributed by atoms with Crippen LogP contribution in [0.1, 0.15) is 97.8 Å². The Labute approximate surface area is 193 Å². The molecule has 0 aliphatic carbocycles. The SMILES string of the molecule is C=CC(=O)NC(C)(C)CS(=O)(=O)[O-].CCCCCCCCCCCCCC[N+](C)(C)C. The number of nitrogens with one attached hydrogen (secondary N) is 1. The van der Waals surface area contributed by atoms with Crippen molar-refractivity contribution >= 4 is 16.0 Å². The fraction of sp³-hybridized carbons (Fsp3) is 0.875. The largest absolute Gasteiger partial charge is 0.748 e. The summed E-state index contributed by atoms with van der Waals surface area (Å²) in [5, 5.41) is 2.33. The van der Waals surface area contributed by atoms with Crippen molar-refractivity contribution in [2.45, 2.75) is 103 Å². The van der Waals surface area contributed by atoms with E-state index < -0.39 is 27.3 Å². The average molecular weight is 463 g/mol. The van der Waals surface area contributed by atoms with E-state index in [4.69, 9.17) is 0 Å². The van der Waals surface area contributed by atoms with Crippen LogP contribution in [-0.4, -0.2) is 62.3 Å². The summed E-state index contributed by atoms with van der Waals surface area (Å²) in [7, 11) is 2.54. The van der Waals surface area contributed by atoms with E-state index in [9.17, 15) is 17.8 Å². The van der Waals surface area contributed by atoms with E-state index in [1.807, 2.05) is 0 Å². The maximum Gasteiger partial charge on any atom is 0.243 e. The lowest BCUT2D eigenvalue weighted by Gasteiger charge is -2.26. The second-order valence-corrected chi connectivity index (χ2v) is 11.6. The van der Waals surface area contributed by atoms with Crippen LogP contribution in [0.5, 0.6) is 0 Å². The molecule has 0 spiro atoms. The summed E-state index contributed by atoms with van der Waals surface area (Å²) >= 11 is 0. The molecule has 0 saturated heterocycles. The smallest absolute Gasteiger partial charge is 0.243 e. The Morgan fingerprint density at radius 1 is 0.903 bits per heavy atom. The first-order valence-electron chi connectivity index (χ1n) is 11.9. The Hall–Kier alpha value is -0.920. The van der Waals surface area contributed by atoms with Gasteiger partial charge in [0.2, 0.25) is 5.91 Å². The monoisotopic (exact) mass is 462 g/mol. The second kappa shape index (κ2) is 17.6. The molecule has 0 heterocycles. The third kappa shape index (κ3) is 29.1. The number of nitrogens with zero attached hydrogens (tertiary/aromatic N) is 1. The van der Waals surface area contributed by atoms with Gasteiger partial charge in [0.15, 0.2) is 0 Å². The van der Waals surface area contributed by atoms with E-state index in [2.05, 4.69) is 40.0 Å². The molecule has 0 bridgehead atoms. The zero-order chi connectivity index (χ0) is 24.4. The first-order chi connectivity index (χ1) is 14.2. The van der Waals surface area contributed by atoms with Crippen LogP contribution in [0.15, 0.2) is 12.7 Å². The van der Waals surface area contributed by atoms with Gasteiger partial charge in [-0.3, -0.25) is 4.79 Å². The van der Waals surface area contributed by atoms with Crippen molar-refractivity contribution in [3.8, 4) is 0 Å². The third-order valence-corrected chi connectivity index (χ3v) is 5.94. The Morgan fingerprint density at radius 2 is 1.29 bits per heavy atom. The summed E-state index contributed by atoms with van der Waals surface area (Å²) in [5.41, 5.74) is -1.06. The third-order valence-electron chi connectivity index (χ3n) is 4.87. The van der Waals surface area contributed by atoms with Gasteiger partial charge in [0.1, 0.15) is 0 Å². The number of amides is 1. The van der Waals surface area contributed by atoms with Crippen molar-refractivity contribution in [2.75, 3.05) is 33.4 Å². The van der Waals surface area contributed by atoms with Crippen LogP contribution < -0.4 is 5.32 Å². The molecular weight excluding hydrogens is 412 g/mol. The standard InChI is InChI=1S/C17H38N.C7H13NO4S/c1-5-6-7-8-9-10-11-12-13-14-15-16-17-18(2,3)4;1-4-6(9)8-7(2,3)5-13(10,11)12/h5-17H2,1-4H3;4H,1,5H2,2-3H3,(H,8,9)(H,10,11,12)/q+1;/p-1. The van der Waals surface area contributed by atoms with E-state index in [0.29, 0.717) is 0 Å². The van der Waals surface area contributed by atoms with Crippen molar-refractivity contribution in [1.29, 1.82) is 0 Å². The number of hydrogen-bond acceptors (Lipinski definition) is 4. The molecule has 0 atom stereocenters. The van der Waals surface area contributed by atoms with E-state index in [1.54, 1.807) is 0 Å². The van der Waals surface area contributed by atoms with Crippen LogP contribution in [0, 0.1) is 0 Å². The molecule has 0 aromatic carbocycles. The summed E-state index contributed by atoms with van der Waals surface area (Å²) < 4.78 is 32.3. The number of hydrogen-bond donors (Lipinski definition) is 1. The molecule has 0 fully saturated rings. The van der Waals surface area contributed by atoms with Gasteiger partial charge in [-0.25, -0.2) is 8.42 Å². The fourth-order valence-electron chi connectivity index (χ4n) is 3.29. The van der Waals surface area contributed by atoms with E-state index >= 15 is 0 Å².